The molecule has 0 bridgehead atoms. The maximum atomic E-state index is 9.06. The molecule has 14 heavy (non-hydrogen) atoms. The van der Waals surface area contributed by atoms with Crippen molar-refractivity contribution in [2.75, 3.05) is 6.61 Å². The smallest absolute Gasteiger partial charge is 0.0607 e. The van der Waals surface area contributed by atoms with Crippen molar-refractivity contribution < 1.29 is 5.11 Å². The predicted octanol–water partition coefficient (Wildman–Crippen LogP) is 2.17. The summed E-state index contributed by atoms with van der Waals surface area (Å²) < 4.78 is 0. The molecule has 80 valence electrons. The minimum Gasteiger partial charge on any atom is -0.394 e. The summed E-state index contributed by atoms with van der Waals surface area (Å²) >= 11 is 1.84. The molecule has 0 aliphatic rings. The fourth-order valence-electron chi connectivity index (χ4n) is 1.09. The average Bonchev–Trinajstić information content (AvgIpc) is 2.63. The maximum Gasteiger partial charge on any atom is 0.0607 e. The lowest BCUT2D eigenvalue weighted by Crippen LogP contribution is -2.41. The van der Waals surface area contributed by atoms with Crippen LogP contribution in [0, 0.1) is 0 Å². The molecule has 0 saturated carbocycles. The topological polar surface area (TPSA) is 32.3 Å². The van der Waals surface area contributed by atoms with E-state index in [2.05, 4.69) is 24.4 Å². The Morgan fingerprint density at radius 3 is 2.50 bits per heavy atom. The Balaban J connectivity index is 2.45. The van der Waals surface area contributed by atoms with E-state index in [0.717, 1.165) is 13.0 Å². The normalized spacial score (nSPS) is 12.0. The summed E-state index contributed by atoms with van der Waals surface area (Å²) in [6.07, 6.45) is 1.11. The van der Waals surface area contributed by atoms with Crippen LogP contribution in [0.15, 0.2) is 12.1 Å². The molecule has 0 spiro atoms. The Hall–Kier alpha value is -0.380. The van der Waals surface area contributed by atoms with Gasteiger partial charge in [-0.15, -0.1) is 11.3 Å². The Kier molecular flexibility index (Phi) is 4.11. The van der Waals surface area contributed by atoms with Crippen LogP contribution in [0.2, 0.25) is 0 Å². The van der Waals surface area contributed by atoms with E-state index < -0.39 is 0 Å². The van der Waals surface area contributed by atoms with Gasteiger partial charge in [-0.3, -0.25) is 0 Å². The summed E-state index contributed by atoms with van der Waals surface area (Å²) in [5.41, 5.74) is -0.184. The lowest BCUT2D eigenvalue weighted by Gasteiger charge is -2.22. The minimum atomic E-state index is -0.184. The van der Waals surface area contributed by atoms with Gasteiger partial charge in [-0.25, -0.2) is 0 Å². The van der Waals surface area contributed by atoms with Gasteiger partial charge < -0.3 is 10.4 Å². The molecule has 0 unspecified atom stereocenters. The highest BCUT2D eigenvalue weighted by atomic mass is 32.1. The van der Waals surface area contributed by atoms with Gasteiger partial charge in [0.25, 0.3) is 0 Å². The fraction of sp³-hybridized carbons (Fsp3) is 0.636. The van der Waals surface area contributed by atoms with Crippen molar-refractivity contribution in [1.29, 1.82) is 0 Å². The quantitative estimate of drug-likeness (QED) is 0.785. The summed E-state index contributed by atoms with van der Waals surface area (Å²) in [4.78, 5) is 2.76. The first-order chi connectivity index (χ1) is 6.57. The Morgan fingerprint density at radius 1 is 1.36 bits per heavy atom. The van der Waals surface area contributed by atoms with E-state index in [4.69, 9.17) is 5.11 Å². The van der Waals surface area contributed by atoms with Gasteiger partial charge in [0.2, 0.25) is 0 Å². The second kappa shape index (κ2) is 4.91. The van der Waals surface area contributed by atoms with Crippen LogP contribution in [0.4, 0.5) is 0 Å². The van der Waals surface area contributed by atoms with Crippen molar-refractivity contribution in [3.8, 4) is 0 Å². The van der Waals surface area contributed by atoms with Gasteiger partial charge in [0.15, 0.2) is 0 Å². The molecule has 0 aliphatic carbocycles. The van der Waals surface area contributed by atoms with Crippen molar-refractivity contribution in [2.24, 2.45) is 0 Å². The van der Waals surface area contributed by atoms with E-state index in [1.807, 2.05) is 25.2 Å². The van der Waals surface area contributed by atoms with Crippen LogP contribution in [0.3, 0.4) is 0 Å². The average molecular weight is 213 g/mol. The molecule has 0 atom stereocenters. The van der Waals surface area contributed by atoms with Crippen LogP contribution in [-0.4, -0.2) is 17.3 Å². The molecule has 0 amide bonds. The Labute approximate surface area is 90.0 Å². The molecule has 1 aromatic rings. The minimum absolute atomic E-state index is 0.166. The molecule has 2 N–H and O–H groups in total. The van der Waals surface area contributed by atoms with Gasteiger partial charge >= 0.3 is 0 Å². The highest BCUT2D eigenvalue weighted by molar-refractivity contribution is 7.11. The first-order valence-corrected chi connectivity index (χ1v) is 5.82. The second-order valence-corrected chi connectivity index (χ2v) is 5.37. The summed E-state index contributed by atoms with van der Waals surface area (Å²) in [7, 11) is 0. The molecule has 2 nitrogen and oxygen atoms in total. The molecule has 1 heterocycles. The molecule has 0 fully saturated rings. The van der Waals surface area contributed by atoms with E-state index in [-0.39, 0.29) is 12.1 Å². The van der Waals surface area contributed by atoms with Crippen molar-refractivity contribution in [3.63, 3.8) is 0 Å². The highest BCUT2D eigenvalue weighted by Crippen LogP contribution is 2.17. The molecule has 3 heteroatoms. The summed E-state index contributed by atoms with van der Waals surface area (Å²) in [5, 5.41) is 12.4. The summed E-state index contributed by atoms with van der Waals surface area (Å²) in [6, 6.07) is 4.33. The van der Waals surface area contributed by atoms with Gasteiger partial charge in [-0.2, -0.15) is 0 Å². The van der Waals surface area contributed by atoms with Crippen molar-refractivity contribution in [3.05, 3.63) is 21.9 Å². The van der Waals surface area contributed by atoms with Gasteiger partial charge in [0, 0.05) is 21.8 Å². The van der Waals surface area contributed by atoms with E-state index in [9.17, 15) is 0 Å². The van der Waals surface area contributed by atoms with Gasteiger partial charge in [-0.05, 0) is 32.4 Å². The van der Waals surface area contributed by atoms with E-state index >= 15 is 0 Å². The SMILES string of the molecule is CCc1ccc(CNC(C)(C)CO)s1. The third-order valence-electron chi connectivity index (χ3n) is 2.20. The van der Waals surface area contributed by atoms with Crippen molar-refractivity contribution in [2.45, 2.75) is 39.3 Å². The monoisotopic (exact) mass is 213 g/mol. The lowest BCUT2D eigenvalue weighted by atomic mass is 10.1. The van der Waals surface area contributed by atoms with Crippen LogP contribution in [0.25, 0.3) is 0 Å². The molecule has 0 aliphatic heterocycles. The van der Waals surface area contributed by atoms with Crippen molar-refractivity contribution in [1.82, 2.24) is 5.32 Å². The molecular formula is C11H19NOS. The molecule has 0 aromatic carbocycles. The van der Waals surface area contributed by atoms with Crippen LogP contribution >= 0.6 is 11.3 Å². The predicted molar refractivity (Wildman–Crippen MR) is 61.7 cm³/mol. The number of hydrogen-bond acceptors (Lipinski definition) is 3. The van der Waals surface area contributed by atoms with E-state index in [0.29, 0.717) is 0 Å². The first-order valence-electron chi connectivity index (χ1n) is 5.01. The standard InChI is InChI=1S/C11H19NOS/c1-4-9-5-6-10(14-9)7-12-11(2,3)8-13/h5-6,12-13H,4,7-8H2,1-3H3. The number of thiophene rings is 1. The molecule has 0 saturated heterocycles. The van der Waals surface area contributed by atoms with Gasteiger partial charge in [0.1, 0.15) is 0 Å². The molecule has 0 radical (unpaired) electrons. The summed E-state index contributed by atoms with van der Waals surface area (Å²) in [6.45, 7) is 7.18. The third-order valence-corrected chi connectivity index (χ3v) is 3.43. The highest BCUT2D eigenvalue weighted by Gasteiger charge is 2.14. The van der Waals surface area contributed by atoms with E-state index in [1.165, 1.54) is 9.75 Å². The Bertz CT molecular complexity index is 281. The largest absolute Gasteiger partial charge is 0.394 e. The lowest BCUT2D eigenvalue weighted by molar-refractivity contribution is 0.187. The number of nitrogens with one attached hydrogen (secondary N) is 1. The van der Waals surface area contributed by atoms with Gasteiger partial charge in [-0.1, -0.05) is 6.92 Å². The zero-order valence-corrected chi connectivity index (χ0v) is 9.95. The maximum absolute atomic E-state index is 9.06. The fourth-order valence-corrected chi connectivity index (χ4v) is 1.99. The number of aliphatic hydroxyl groups excluding tert-OH is 1. The summed E-state index contributed by atoms with van der Waals surface area (Å²) in [5.74, 6) is 0. The van der Waals surface area contributed by atoms with Crippen LogP contribution in [0.1, 0.15) is 30.5 Å². The van der Waals surface area contributed by atoms with Crippen LogP contribution in [0.5, 0.6) is 0 Å². The number of aryl methyl sites for hydroxylation is 1. The Morgan fingerprint density at radius 2 is 2.00 bits per heavy atom. The first kappa shape index (κ1) is 11.7. The molecule has 1 aromatic heterocycles. The molecule has 1 rings (SSSR count). The van der Waals surface area contributed by atoms with Gasteiger partial charge in [0.05, 0.1) is 6.61 Å². The van der Waals surface area contributed by atoms with Crippen molar-refractivity contribution >= 4 is 11.3 Å². The number of aliphatic hydroxyl groups is 1. The number of rotatable bonds is 5. The zero-order valence-electron chi connectivity index (χ0n) is 9.13. The second-order valence-electron chi connectivity index (χ2n) is 4.12. The van der Waals surface area contributed by atoms with Crippen LogP contribution in [-0.2, 0) is 13.0 Å². The zero-order chi connectivity index (χ0) is 10.6. The molecular weight excluding hydrogens is 194 g/mol. The number of hydrogen-bond donors (Lipinski definition) is 2. The van der Waals surface area contributed by atoms with Crippen LogP contribution < -0.4 is 5.32 Å². The third kappa shape index (κ3) is 3.40. The van der Waals surface area contributed by atoms with E-state index in [1.54, 1.807) is 0 Å².